The third kappa shape index (κ3) is 5.26. The SMILES string of the molecule is CCNC(=O)CS(=O)c1cccc(NS(=O)(=O)N2CCOCC2)c1. The average Bonchev–Trinajstić information content (AvgIpc) is 2.55. The smallest absolute Gasteiger partial charge is 0.301 e. The molecule has 1 aromatic carbocycles. The Morgan fingerprint density at radius 3 is 2.71 bits per heavy atom. The molecule has 0 spiro atoms. The zero-order valence-electron chi connectivity index (χ0n) is 13.4. The van der Waals surface area contributed by atoms with E-state index in [9.17, 15) is 17.4 Å². The highest BCUT2D eigenvalue weighted by molar-refractivity contribution is 7.90. The molecule has 1 fully saturated rings. The van der Waals surface area contributed by atoms with Gasteiger partial charge in [0.25, 0.3) is 0 Å². The summed E-state index contributed by atoms with van der Waals surface area (Å²) in [5.74, 6) is -0.469. The number of benzene rings is 1. The van der Waals surface area contributed by atoms with E-state index < -0.39 is 21.0 Å². The van der Waals surface area contributed by atoms with Crippen molar-refractivity contribution in [3.63, 3.8) is 0 Å². The average molecular weight is 375 g/mol. The van der Waals surface area contributed by atoms with Gasteiger partial charge in [-0.1, -0.05) is 6.07 Å². The fraction of sp³-hybridized carbons (Fsp3) is 0.500. The predicted molar refractivity (Wildman–Crippen MR) is 91.3 cm³/mol. The standard InChI is InChI=1S/C14H21N3O5S2/c1-2-15-14(18)11-23(19)13-5-3-4-12(10-13)16-24(20,21)17-6-8-22-9-7-17/h3-5,10,16H,2,6-9,11H2,1H3,(H,15,18). The van der Waals surface area contributed by atoms with Gasteiger partial charge in [-0.2, -0.15) is 12.7 Å². The normalized spacial score (nSPS) is 17.2. The van der Waals surface area contributed by atoms with Crippen LogP contribution in [0.3, 0.4) is 0 Å². The summed E-state index contributed by atoms with van der Waals surface area (Å²) in [6, 6.07) is 6.25. The van der Waals surface area contributed by atoms with Crippen molar-refractivity contribution in [2.24, 2.45) is 0 Å². The van der Waals surface area contributed by atoms with E-state index in [-0.39, 0.29) is 24.7 Å². The number of carbonyl (C=O) groups is 1. The molecule has 1 atom stereocenters. The third-order valence-corrected chi connectivity index (χ3v) is 6.13. The summed E-state index contributed by atoms with van der Waals surface area (Å²) in [7, 11) is -5.22. The molecule has 0 aliphatic carbocycles. The minimum atomic E-state index is -3.69. The van der Waals surface area contributed by atoms with E-state index in [1.807, 2.05) is 0 Å². The second-order valence-corrected chi connectivity index (χ2v) is 8.21. The Balaban J connectivity index is 2.06. The Kier molecular flexibility index (Phi) is 6.72. The van der Waals surface area contributed by atoms with Gasteiger partial charge < -0.3 is 10.1 Å². The summed E-state index contributed by atoms with van der Waals surface area (Å²) in [4.78, 5) is 11.9. The molecule has 8 nitrogen and oxygen atoms in total. The van der Waals surface area contributed by atoms with Gasteiger partial charge in [-0.3, -0.25) is 13.7 Å². The van der Waals surface area contributed by atoms with Crippen LogP contribution >= 0.6 is 0 Å². The number of nitrogens with one attached hydrogen (secondary N) is 2. The van der Waals surface area contributed by atoms with Crippen LogP contribution in [0.15, 0.2) is 29.2 Å². The van der Waals surface area contributed by atoms with Crippen molar-refractivity contribution in [3.05, 3.63) is 24.3 Å². The van der Waals surface area contributed by atoms with Crippen molar-refractivity contribution in [2.75, 3.05) is 43.3 Å². The topological polar surface area (TPSA) is 105 Å². The molecule has 1 unspecified atom stereocenters. The lowest BCUT2D eigenvalue weighted by atomic mass is 10.3. The molecule has 0 radical (unpaired) electrons. The summed E-state index contributed by atoms with van der Waals surface area (Å²) >= 11 is 0. The van der Waals surface area contributed by atoms with E-state index in [1.54, 1.807) is 25.1 Å². The molecule has 0 saturated carbocycles. The van der Waals surface area contributed by atoms with Gasteiger partial charge in [0.15, 0.2) is 0 Å². The Morgan fingerprint density at radius 2 is 2.04 bits per heavy atom. The molecule has 24 heavy (non-hydrogen) atoms. The largest absolute Gasteiger partial charge is 0.379 e. The molecule has 1 heterocycles. The Labute approximate surface area is 144 Å². The summed E-state index contributed by atoms with van der Waals surface area (Å²) < 4.78 is 45.7. The minimum Gasteiger partial charge on any atom is -0.379 e. The molecule has 1 aliphatic rings. The fourth-order valence-corrected chi connectivity index (χ4v) is 4.33. The monoisotopic (exact) mass is 375 g/mol. The first-order chi connectivity index (χ1) is 11.4. The maximum Gasteiger partial charge on any atom is 0.301 e. The number of carbonyl (C=O) groups excluding carboxylic acids is 1. The van der Waals surface area contributed by atoms with Crippen LogP contribution in [0.5, 0.6) is 0 Å². The number of nitrogens with zero attached hydrogens (tertiary/aromatic N) is 1. The molecule has 1 aromatic rings. The van der Waals surface area contributed by atoms with Crippen LogP contribution in [0.1, 0.15) is 6.92 Å². The molecule has 1 aliphatic heterocycles. The molecular formula is C14H21N3O5S2. The highest BCUT2D eigenvalue weighted by Gasteiger charge is 2.24. The van der Waals surface area contributed by atoms with Crippen molar-refractivity contribution >= 4 is 32.6 Å². The van der Waals surface area contributed by atoms with Gasteiger partial charge in [-0.05, 0) is 25.1 Å². The number of morpholine rings is 1. The number of hydrogen-bond acceptors (Lipinski definition) is 5. The number of hydrogen-bond donors (Lipinski definition) is 2. The zero-order valence-corrected chi connectivity index (χ0v) is 15.0. The van der Waals surface area contributed by atoms with Crippen LogP contribution in [-0.2, 0) is 30.5 Å². The molecule has 134 valence electrons. The van der Waals surface area contributed by atoms with Gasteiger partial charge in [0.1, 0.15) is 5.75 Å². The van der Waals surface area contributed by atoms with Gasteiger partial charge in [0, 0.05) is 24.5 Å². The lowest BCUT2D eigenvalue weighted by Gasteiger charge is -2.26. The van der Waals surface area contributed by atoms with Crippen LogP contribution in [0.2, 0.25) is 0 Å². The zero-order chi connectivity index (χ0) is 17.6. The molecule has 0 bridgehead atoms. The predicted octanol–water partition coefficient (Wildman–Crippen LogP) is -0.0808. The first kappa shape index (κ1) is 18.8. The van der Waals surface area contributed by atoms with Crippen molar-refractivity contribution in [3.8, 4) is 0 Å². The summed E-state index contributed by atoms with van der Waals surface area (Å²) in [6.45, 7) is 3.54. The van der Waals surface area contributed by atoms with E-state index >= 15 is 0 Å². The molecule has 1 amide bonds. The van der Waals surface area contributed by atoms with Crippen LogP contribution < -0.4 is 10.0 Å². The maximum absolute atomic E-state index is 12.3. The van der Waals surface area contributed by atoms with E-state index in [0.29, 0.717) is 30.3 Å². The lowest BCUT2D eigenvalue weighted by molar-refractivity contribution is -0.118. The second kappa shape index (κ2) is 8.56. The van der Waals surface area contributed by atoms with Gasteiger partial charge in [-0.25, -0.2) is 0 Å². The summed E-state index contributed by atoms with van der Waals surface area (Å²) in [5.41, 5.74) is 0.309. The van der Waals surface area contributed by atoms with Crippen molar-refractivity contribution in [2.45, 2.75) is 11.8 Å². The van der Waals surface area contributed by atoms with Crippen molar-refractivity contribution in [1.82, 2.24) is 9.62 Å². The maximum atomic E-state index is 12.3. The number of rotatable bonds is 7. The molecule has 0 aromatic heterocycles. The van der Waals surface area contributed by atoms with E-state index in [4.69, 9.17) is 4.74 Å². The quantitative estimate of drug-likeness (QED) is 0.694. The molecular weight excluding hydrogens is 354 g/mol. The molecule has 2 rings (SSSR count). The fourth-order valence-electron chi connectivity index (χ4n) is 2.15. The number of anilines is 1. The van der Waals surface area contributed by atoms with Gasteiger partial charge >= 0.3 is 10.2 Å². The van der Waals surface area contributed by atoms with E-state index in [2.05, 4.69) is 10.0 Å². The Hall–Kier alpha value is -1.49. The first-order valence-corrected chi connectivity index (χ1v) is 10.3. The number of ether oxygens (including phenoxy) is 1. The highest BCUT2D eigenvalue weighted by Crippen LogP contribution is 2.17. The molecule has 10 heteroatoms. The Morgan fingerprint density at radius 1 is 1.33 bits per heavy atom. The lowest BCUT2D eigenvalue weighted by Crippen LogP contribution is -2.43. The van der Waals surface area contributed by atoms with E-state index in [1.165, 1.54) is 10.4 Å². The Bertz CT molecular complexity index is 702. The van der Waals surface area contributed by atoms with Gasteiger partial charge in [0.2, 0.25) is 5.91 Å². The van der Waals surface area contributed by atoms with Crippen molar-refractivity contribution < 1.29 is 22.2 Å². The van der Waals surface area contributed by atoms with Gasteiger partial charge in [0.05, 0.1) is 29.7 Å². The second-order valence-electron chi connectivity index (χ2n) is 5.09. The molecule has 1 saturated heterocycles. The molecule has 2 N–H and O–H groups in total. The first-order valence-electron chi connectivity index (χ1n) is 7.53. The van der Waals surface area contributed by atoms with Crippen LogP contribution in [0, 0.1) is 0 Å². The van der Waals surface area contributed by atoms with Crippen LogP contribution in [-0.4, -0.2) is 61.4 Å². The van der Waals surface area contributed by atoms with Crippen LogP contribution in [0.4, 0.5) is 5.69 Å². The number of amides is 1. The minimum absolute atomic E-state index is 0.159. The van der Waals surface area contributed by atoms with Crippen LogP contribution in [0.25, 0.3) is 0 Å². The summed E-state index contributed by atoms with van der Waals surface area (Å²) in [6.07, 6.45) is 0. The highest BCUT2D eigenvalue weighted by atomic mass is 32.2. The summed E-state index contributed by atoms with van der Waals surface area (Å²) in [5, 5.41) is 2.58. The van der Waals surface area contributed by atoms with Crippen molar-refractivity contribution in [1.29, 1.82) is 0 Å². The third-order valence-electron chi connectivity index (χ3n) is 3.29. The van der Waals surface area contributed by atoms with Gasteiger partial charge in [-0.15, -0.1) is 0 Å². The van der Waals surface area contributed by atoms with E-state index in [0.717, 1.165) is 0 Å².